The molecule has 0 fully saturated rings. The van der Waals surface area contributed by atoms with Gasteiger partial charge >= 0.3 is 5.97 Å². The number of halogens is 1. The minimum absolute atomic E-state index is 0.0405. The molecule has 0 rings (SSSR count). The lowest BCUT2D eigenvalue weighted by Gasteiger charge is -2.13. The van der Waals surface area contributed by atoms with Crippen LogP contribution < -0.4 is 0 Å². The molecule has 0 aliphatic carbocycles. The predicted octanol–water partition coefficient (Wildman–Crippen LogP) is 3.31. The highest BCUT2D eigenvalue weighted by atomic mass is 35.5. The van der Waals surface area contributed by atoms with Crippen molar-refractivity contribution in [3.05, 3.63) is 0 Å². The Kier molecular flexibility index (Phi) is 6.86. The Balaban J connectivity index is 0. The van der Waals surface area contributed by atoms with Gasteiger partial charge in [0.25, 0.3) is 0 Å². The molecule has 0 heterocycles. The van der Waals surface area contributed by atoms with Crippen molar-refractivity contribution in [1.29, 1.82) is 0 Å². The first-order valence-corrected chi connectivity index (χ1v) is 5.16. The quantitative estimate of drug-likeness (QED) is 0.711. The van der Waals surface area contributed by atoms with Crippen molar-refractivity contribution in [3.8, 4) is 0 Å². The van der Waals surface area contributed by atoms with E-state index < -0.39 is 11.4 Å². The van der Waals surface area contributed by atoms with Crippen LogP contribution in [0.1, 0.15) is 48.0 Å². The van der Waals surface area contributed by atoms with E-state index in [9.17, 15) is 9.59 Å². The van der Waals surface area contributed by atoms with Crippen LogP contribution in [0.15, 0.2) is 0 Å². The van der Waals surface area contributed by atoms with Gasteiger partial charge in [0.05, 0.1) is 5.41 Å². The van der Waals surface area contributed by atoms with Crippen LogP contribution in [0, 0.1) is 10.8 Å². The molecule has 0 spiro atoms. The molecular formula is C11H21ClO3. The van der Waals surface area contributed by atoms with E-state index in [0.717, 1.165) is 0 Å². The van der Waals surface area contributed by atoms with Gasteiger partial charge in [-0.25, -0.2) is 0 Å². The largest absolute Gasteiger partial charge is 0.481 e. The SMILES string of the molecule is CC(C)(C)C(=O)O.CC(C)(C)CC(=O)Cl. The van der Waals surface area contributed by atoms with Crippen molar-refractivity contribution < 1.29 is 14.7 Å². The van der Waals surface area contributed by atoms with Gasteiger partial charge in [-0.3, -0.25) is 9.59 Å². The Labute approximate surface area is 96.8 Å². The second-order valence-corrected chi connectivity index (χ2v) is 6.07. The standard InChI is InChI=1S/C6H11ClO.C5H10O2/c1-6(2,3)4-5(7)8;1-5(2,3)4(6)7/h4H2,1-3H3;1-3H3,(H,6,7). The van der Waals surface area contributed by atoms with Gasteiger partial charge in [0, 0.05) is 6.42 Å². The summed E-state index contributed by atoms with van der Waals surface area (Å²) in [5, 5.41) is 8.00. The predicted molar refractivity (Wildman–Crippen MR) is 62.0 cm³/mol. The number of carboxylic acid groups (broad SMARTS) is 1. The fraction of sp³-hybridized carbons (Fsp3) is 0.818. The summed E-state index contributed by atoms with van der Waals surface area (Å²) in [6, 6.07) is 0. The monoisotopic (exact) mass is 236 g/mol. The Morgan fingerprint density at radius 3 is 1.33 bits per heavy atom. The van der Waals surface area contributed by atoms with Crippen LogP contribution in [0.2, 0.25) is 0 Å². The van der Waals surface area contributed by atoms with Gasteiger partial charge in [0.1, 0.15) is 0 Å². The van der Waals surface area contributed by atoms with Crippen molar-refractivity contribution in [2.24, 2.45) is 10.8 Å². The maximum Gasteiger partial charge on any atom is 0.308 e. The van der Waals surface area contributed by atoms with Crippen LogP contribution in [-0.4, -0.2) is 16.3 Å². The fourth-order valence-electron chi connectivity index (χ4n) is 0.417. The minimum Gasteiger partial charge on any atom is -0.481 e. The van der Waals surface area contributed by atoms with E-state index in [1.54, 1.807) is 20.8 Å². The fourth-order valence-corrected chi connectivity index (χ4v) is 0.818. The number of rotatable bonds is 1. The van der Waals surface area contributed by atoms with Gasteiger partial charge in [-0.15, -0.1) is 0 Å². The molecule has 0 aromatic rings. The molecule has 0 bridgehead atoms. The molecule has 0 aromatic heterocycles. The summed E-state index contributed by atoms with van der Waals surface area (Å²) >= 11 is 5.12. The van der Waals surface area contributed by atoms with Crippen molar-refractivity contribution >= 4 is 22.8 Å². The third-order valence-electron chi connectivity index (χ3n) is 1.31. The van der Waals surface area contributed by atoms with E-state index >= 15 is 0 Å². The third-order valence-corrected chi connectivity index (χ3v) is 1.44. The van der Waals surface area contributed by atoms with Crippen molar-refractivity contribution in [2.45, 2.75) is 48.0 Å². The zero-order chi connectivity index (χ0) is 12.9. The summed E-state index contributed by atoms with van der Waals surface area (Å²) in [5.41, 5.74) is -0.543. The zero-order valence-electron chi connectivity index (χ0n) is 10.3. The van der Waals surface area contributed by atoms with E-state index in [-0.39, 0.29) is 10.7 Å². The molecule has 0 aliphatic heterocycles. The summed E-state index contributed by atoms with van der Waals surface area (Å²) < 4.78 is 0. The van der Waals surface area contributed by atoms with Gasteiger partial charge in [0.2, 0.25) is 5.24 Å². The molecule has 0 aliphatic rings. The van der Waals surface area contributed by atoms with Crippen molar-refractivity contribution in [1.82, 2.24) is 0 Å². The zero-order valence-corrected chi connectivity index (χ0v) is 11.1. The molecule has 0 atom stereocenters. The number of carboxylic acids is 1. The summed E-state index contributed by atoms with van der Waals surface area (Å²) in [6.45, 7) is 10.9. The summed E-state index contributed by atoms with van der Waals surface area (Å²) in [4.78, 5) is 20.2. The molecule has 3 nitrogen and oxygen atoms in total. The van der Waals surface area contributed by atoms with Crippen molar-refractivity contribution in [3.63, 3.8) is 0 Å². The average molecular weight is 237 g/mol. The normalized spacial score (nSPS) is 11.4. The Bertz CT molecular complexity index is 221. The first-order valence-electron chi connectivity index (χ1n) is 4.78. The van der Waals surface area contributed by atoms with E-state index in [1.807, 2.05) is 20.8 Å². The molecule has 0 amide bonds. The maximum atomic E-state index is 10.2. The Hall–Kier alpha value is -0.570. The van der Waals surface area contributed by atoms with Crippen LogP contribution in [-0.2, 0) is 9.59 Å². The first kappa shape index (κ1) is 16.8. The van der Waals surface area contributed by atoms with Gasteiger partial charge < -0.3 is 5.11 Å². The lowest BCUT2D eigenvalue weighted by Crippen LogP contribution is -2.18. The molecular weight excluding hydrogens is 216 g/mol. The molecule has 0 radical (unpaired) electrons. The highest BCUT2D eigenvalue weighted by molar-refractivity contribution is 6.63. The smallest absolute Gasteiger partial charge is 0.308 e. The molecule has 4 heteroatoms. The highest BCUT2D eigenvalue weighted by Crippen LogP contribution is 2.19. The lowest BCUT2D eigenvalue weighted by molar-refractivity contribution is -0.145. The van der Waals surface area contributed by atoms with Crippen LogP contribution in [0.3, 0.4) is 0 Å². The molecule has 0 saturated carbocycles. The van der Waals surface area contributed by atoms with Crippen LogP contribution in [0.4, 0.5) is 0 Å². The summed E-state index contributed by atoms with van der Waals surface area (Å²) in [5.74, 6) is -0.757. The topological polar surface area (TPSA) is 54.4 Å². The van der Waals surface area contributed by atoms with Crippen LogP contribution in [0.25, 0.3) is 0 Å². The lowest BCUT2D eigenvalue weighted by atomic mass is 9.93. The molecule has 1 N–H and O–H groups in total. The van der Waals surface area contributed by atoms with E-state index in [0.29, 0.717) is 6.42 Å². The molecule has 0 saturated heterocycles. The number of hydrogen-bond donors (Lipinski definition) is 1. The third kappa shape index (κ3) is 16.1. The Morgan fingerprint density at radius 2 is 1.33 bits per heavy atom. The minimum atomic E-state index is -0.757. The van der Waals surface area contributed by atoms with Gasteiger partial charge in [-0.2, -0.15) is 0 Å². The second kappa shape index (κ2) is 6.11. The van der Waals surface area contributed by atoms with E-state index in [1.165, 1.54) is 0 Å². The van der Waals surface area contributed by atoms with Gasteiger partial charge in [-0.1, -0.05) is 20.8 Å². The van der Waals surface area contributed by atoms with Gasteiger partial charge in [-0.05, 0) is 37.8 Å². The van der Waals surface area contributed by atoms with Crippen LogP contribution >= 0.6 is 11.6 Å². The van der Waals surface area contributed by atoms with Crippen molar-refractivity contribution in [2.75, 3.05) is 0 Å². The Morgan fingerprint density at radius 1 is 1.07 bits per heavy atom. The second-order valence-electron chi connectivity index (χ2n) is 5.65. The maximum absolute atomic E-state index is 10.2. The molecule has 0 aromatic carbocycles. The summed E-state index contributed by atoms with van der Waals surface area (Å²) in [7, 11) is 0. The number of carbonyl (C=O) groups is 2. The molecule has 90 valence electrons. The highest BCUT2D eigenvalue weighted by Gasteiger charge is 2.18. The summed E-state index contributed by atoms with van der Waals surface area (Å²) in [6.07, 6.45) is 0.453. The average Bonchev–Trinajstić information content (AvgIpc) is 1.78. The number of carbonyl (C=O) groups excluding carboxylic acids is 1. The van der Waals surface area contributed by atoms with Crippen LogP contribution in [0.5, 0.6) is 0 Å². The van der Waals surface area contributed by atoms with Gasteiger partial charge in [0.15, 0.2) is 0 Å². The first-order chi connectivity index (χ1) is 6.36. The molecule has 0 unspecified atom stereocenters. The number of aliphatic carboxylic acids is 1. The molecule has 15 heavy (non-hydrogen) atoms. The van der Waals surface area contributed by atoms with E-state index in [2.05, 4.69) is 0 Å². The number of hydrogen-bond acceptors (Lipinski definition) is 2. The van der Waals surface area contributed by atoms with E-state index in [4.69, 9.17) is 16.7 Å².